The standard InChI is InChI=1S/C21H31N5O2.HI/c1-6-22-20(25-14-19-24-13-18(28-19)21(3,4)5)23-12-11-16-7-9-17(10-8-16)26-15(2)27;/h7-10,13H,6,11-12,14H2,1-5H3,(H,26,27)(H2,22,23,25);1H. The lowest BCUT2D eigenvalue weighted by atomic mass is 9.94. The number of rotatable bonds is 7. The minimum atomic E-state index is -0.0680. The molecule has 0 saturated carbocycles. The number of oxazole rings is 1. The molecular formula is C21H32IN5O2. The molecule has 1 aromatic carbocycles. The highest BCUT2D eigenvalue weighted by molar-refractivity contribution is 14.0. The summed E-state index contributed by atoms with van der Waals surface area (Å²) in [6.45, 7) is 11.7. The maximum Gasteiger partial charge on any atom is 0.221 e. The molecule has 0 atom stereocenters. The van der Waals surface area contributed by atoms with Crippen molar-refractivity contribution in [2.75, 3.05) is 18.4 Å². The van der Waals surface area contributed by atoms with E-state index in [0.717, 1.165) is 36.9 Å². The van der Waals surface area contributed by atoms with Gasteiger partial charge in [0.05, 0.1) is 6.20 Å². The quantitative estimate of drug-likeness (QED) is 0.297. The molecule has 0 unspecified atom stereocenters. The number of nitrogens with zero attached hydrogens (tertiary/aromatic N) is 2. The molecular weight excluding hydrogens is 481 g/mol. The maximum atomic E-state index is 11.1. The van der Waals surface area contributed by atoms with E-state index in [4.69, 9.17) is 4.42 Å². The summed E-state index contributed by atoms with van der Waals surface area (Å²) in [6, 6.07) is 7.84. The van der Waals surface area contributed by atoms with Crippen LogP contribution in [0, 0.1) is 0 Å². The van der Waals surface area contributed by atoms with Gasteiger partial charge in [0.1, 0.15) is 12.3 Å². The minimum Gasteiger partial charge on any atom is -0.443 e. The Bertz CT molecular complexity index is 794. The van der Waals surface area contributed by atoms with Crippen molar-refractivity contribution in [1.82, 2.24) is 15.6 Å². The van der Waals surface area contributed by atoms with E-state index < -0.39 is 0 Å². The Morgan fingerprint density at radius 1 is 1.17 bits per heavy atom. The first-order chi connectivity index (χ1) is 13.3. The van der Waals surface area contributed by atoms with Crippen molar-refractivity contribution in [2.45, 2.75) is 53.0 Å². The van der Waals surface area contributed by atoms with E-state index in [1.165, 1.54) is 12.5 Å². The number of hydrogen-bond acceptors (Lipinski definition) is 4. The molecule has 1 heterocycles. The SMILES string of the molecule is CCNC(=NCc1ncc(C(C)(C)C)o1)NCCc1ccc(NC(C)=O)cc1.I. The molecule has 2 rings (SSSR count). The molecule has 0 aliphatic carbocycles. The summed E-state index contributed by atoms with van der Waals surface area (Å²) in [5, 5.41) is 9.32. The van der Waals surface area contributed by atoms with Crippen LogP contribution < -0.4 is 16.0 Å². The van der Waals surface area contributed by atoms with Gasteiger partial charge in [0.25, 0.3) is 0 Å². The fourth-order valence-corrected chi connectivity index (χ4v) is 2.50. The Kier molecular flexibility index (Phi) is 10.1. The molecule has 160 valence electrons. The molecule has 0 fully saturated rings. The summed E-state index contributed by atoms with van der Waals surface area (Å²) in [5.41, 5.74) is 1.92. The monoisotopic (exact) mass is 513 g/mol. The van der Waals surface area contributed by atoms with Crippen molar-refractivity contribution in [2.24, 2.45) is 4.99 Å². The van der Waals surface area contributed by atoms with Gasteiger partial charge in [0.15, 0.2) is 5.96 Å². The lowest BCUT2D eigenvalue weighted by Crippen LogP contribution is -2.38. The smallest absolute Gasteiger partial charge is 0.221 e. The van der Waals surface area contributed by atoms with Gasteiger partial charge in [-0.25, -0.2) is 9.98 Å². The number of benzene rings is 1. The normalized spacial score (nSPS) is 11.6. The van der Waals surface area contributed by atoms with E-state index in [1.807, 2.05) is 31.2 Å². The van der Waals surface area contributed by atoms with Crippen LogP contribution in [0.25, 0.3) is 0 Å². The molecule has 1 amide bonds. The molecule has 7 nitrogen and oxygen atoms in total. The van der Waals surface area contributed by atoms with Crippen molar-refractivity contribution < 1.29 is 9.21 Å². The van der Waals surface area contributed by atoms with Gasteiger partial charge in [0, 0.05) is 31.1 Å². The van der Waals surface area contributed by atoms with Gasteiger partial charge >= 0.3 is 0 Å². The molecule has 0 bridgehead atoms. The molecule has 0 saturated heterocycles. The number of amides is 1. The van der Waals surface area contributed by atoms with Crippen LogP contribution in [-0.2, 0) is 23.2 Å². The lowest BCUT2D eigenvalue weighted by Gasteiger charge is -2.13. The molecule has 0 aliphatic rings. The third-order valence-corrected chi connectivity index (χ3v) is 3.99. The average molecular weight is 513 g/mol. The number of anilines is 1. The van der Waals surface area contributed by atoms with Gasteiger partial charge in [0.2, 0.25) is 11.8 Å². The zero-order valence-electron chi connectivity index (χ0n) is 17.8. The van der Waals surface area contributed by atoms with E-state index >= 15 is 0 Å². The third-order valence-electron chi connectivity index (χ3n) is 3.99. The van der Waals surface area contributed by atoms with Crippen LogP contribution in [0.3, 0.4) is 0 Å². The first kappa shape index (κ1) is 24.9. The number of nitrogens with one attached hydrogen (secondary N) is 3. The number of halogens is 1. The summed E-state index contributed by atoms with van der Waals surface area (Å²) >= 11 is 0. The Morgan fingerprint density at radius 2 is 1.86 bits per heavy atom. The number of carbonyl (C=O) groups excluding carboxylic acids is 1. The molecule has 0 aliphatic heterocycles. The molecule has 2 aromatic rings. The second-order valence-corrected chi connectivity index (χ2v) is 7.62. The fourth-order valence-electron chi connectivity index (χ4n) is 2.50. The summed E-state index contributed by atoms with van der Waals surface area (Å²) in [7, 11) is 0. The average Bonchev–Trinajstić information content (AvgIpc) is 3.10. The number of carbonyl (C=O) groups is 1. The zero-order chi connectivity index (χ0) is 20.6. The third kappa shape index (κ3) is 8.84. The van der Waals surface area contributed by atoms with Gasteiger partial charge in [-0.3, -0.25) is 4.79 Å². The van der Waals surface area contributed by atoms with Crippen LogP contribution in [0.2, 0.25) is 0 Å². The summed E-state index contributed by atoms with van der Waals surface area (Å²) in [4.78, 5) is 19.9. The van der Waals surface area contributed by atoms with E-state index in [1.54, 1.807) is 6.20 Å². The summed E-state index contributed by atoms with van der Waals surface area (Å²) in [5.74, 6) is 2.13. The number of aliphatic imine (C=N–C) groups is 1. The number of aromatic nitrogens is 1. The van der Waals surface area contributed by atoms with Crippen LogP contribution in [-0.4, -0.2) is 29.9 Å². The lowest BCUT2D eigenvalue weighted by molar-refractivity contribution is -0.114. The highest BCUT2D eigenvalue weighted by Gasteiger charge is 2.19. The van der Waals surface area contributed by atoms with Crippen molar-refractivity contribution in [3.8, 4) is 0 Å². The van der Waals surface area contributed by atoms with E-state index in [-0.39, 0.29) is 35.3 Å². The van der Waals surface area contributed by atoms with Crippen LogP contribution in [0.1, 0.15) is 51.8 Å². The van der Waals surface area contributed by atoms with Gasteiger partial charge in [-0.05, 0) is 31.0 Å². The first-order valence-corrected chi connectivity index (χ1v) is 9.62. The zero-order valence-corrected chi connectivity index (χ0v) is 20.2. The van der Waals surface area contributed by atoms with Crippen LogP contribution in [0.15, 0.2) is 39.9 Å². The second kappa shape index (κ2) is 11.8. The second-order valence-electron chi connectivity index (χ2n) is 7.62. The predicted octanol–water partition coefficient (Wildman–Crippen LogP) is 3.85. The van der Waals surface area contributed by atoms with Gasteiger partial charge in [-0.15, -0.1) is 24.0 Å². The number of hydrogen-bond donors (Lipinski definition) is 3. The summed E-state index contributed by atoms with van der Waals surface area (Å²) in [6.07, 6.45) is 2.62. The van der Waals surface area contributed by atoms with Gasteiger partial charge < -0.3 is 20.4 Å². The predicted molar refractivity (Wildman–Crippen MR) is 128 cm³/mol. The highest BCUT2D eigenvalue weighted by Crippen LogP contribution is 2.22. The molecule has 29 heavy (non-hydrogen) atoms. The largest absolute Gasteiger partial charge is 0.443 e. The van der Waals surface area contributed by atoms with Crippen molar-refractivity contribution in [1.29, 1.82) is 0 Å². The molecule has 0 radical (unpaired) electrons. The fraction of sp³-hybridized carbons (Fsp3) is 0.476. The topological polar surface area (TPSA) is 91.6 Å². The molecule has 0 spiro atoms. The Balaban J connectivity index is 0.00000420. The van der Waals surface area contributed by atoms with E-state index in [9.17, 15) is 4.79 Å². The first-order valence-electron chi connectivity index (χ1n) is 9.62. The molecule has 3 N–H and O–H groups in total. The van der Waals surface area contributed by atoms with Gasteiger partial charge in [-0.1, -0.05) is 32.9 Å². The molecule has 1 aromatic heterocycles. The number of guanidine groups is 1. The minimum absolute atomic E-state index is 0. The van der Waals surface area contributed by atoms with E-state index in [0.29, 0.717) is 12.4 Å². The highest BCUT2D eigenvalue weighted by atomic mass is 127. The Labute approximate surface area is 190 Å². The summed E-state index contributed by atoms with van der Waals surface area (Å²) < 4.78 is 5.79. The maximum absolute atomic E-state index is 11.1. The Hall–Kier alpha value is -2.10. The van der Waals surface area contributed by atoms with E-state index in [2.05, 4.69) is 46.7 Å². The van der Waals surface area contributed by atoms with Crippen LogP contribution >= 0.6 is 24.0 Å². The van der Waals surface area contributed by atoms with Crippen molar-refractivity contribution >= 4 is 41.5 Å². The molecule has 8 heteroatoms. The van der Waals surface area contributed by atoms with Crippen LogP contribution in [0.5, 0.6) is 0 Å². The van der Waals surface area contributed by atoms with Crippen molar-refractivity contribution in [3.05, 3.63) is 47.7 Å². The van der Waals surface area contributed by atoms with Crippen molar-refractivity contribution in [3.63, 3.8) is 0 Å². The van der Waals surface area contributed by atoms with Gasteiger partial charge in [-0.2, -0.15) is 0 Å². The Morgan fingerprint density at radius 3 is 2.41 bits per heavy atom. The van der Waals surface area contributed by atoms with Crippen LogP contribution in [0.4, 0.5) is 5.69 Å².